The summed E-state index contributed by atoms with van der Waals surface area (Å²) in [5, 5.41) is 3.38. The molecule has 1 aromatic heterocycles. The van der Waals surface area contributed by atoms with Crippen LogP contribution in [0.4, 0.5) is 5.00 Å². The van der Waals surface area contributed by atoms with Crippen LogP contribution < -0.4 is 5.32 Å². The Morgan fingerprint density at radius 3 is 2.52 bits per heavy atom. The van der Waals surface area contributed by atoms with Gasteiger partial charge < -0.3 is 10.1 Å². The standard InChI is InChI=1S/C21H18BrNO3S/c1-3-26-21(25)18-17(14-8-5-4-6-9-14)13(2)27-20(18)23-19(24)15-10-7-11-16(22)12-15/h4-12H,3H2,1-2H3,(H,23,24). The van der Waals surface area contributed by atoms with Gasteiger partial charge in [-0.2, -0.15) is 0 Å². The van der Waals surface area contributed by atoms with Gasteiger partial charge in [0.1, 0.15) is 10.6 Å². The van der Waals surface area contributed by atoms with Crippen LogP contribution in [0.1, 0.15) is 32.5 Å². The zero-order valence-electron chi connectivity index (χ0n) is 14.9. The lowest BCUT2D eigenvalue weighted by molar-refractivity contribution is 0.0529. The summed E-state index contributed by atoms with van der Waals surface area (Å²) in [7, 11) is 0. The summed E-state index contributed by atoms with van der Waals surface area (Å²) in [5.74, 6) is -0.715. The highest BCUT2D eigenvalue weighted by Gasteiger charge is 2.25. The van der Waals surface area contributed by atoms with Gasteiger partial charge in [-0.25, -0.2) is 4.79 Å². The average Bonchev–Trinajstić information content (AvgIpc) is 2.98. The van der Waals surface area contributed by atoms with E-state index in [9.17, 15) is 9.59 Å². The third-order valence-corrected chi connectivity index (χ3v) is 5.45. The number of carbonyl (C=O) groups excluding carboxylic acids is 2. The molecule has 0 atom stereocenters. The number of rotatable bonds is 5. The smallest absolute Gasteiger partial charge is 0.341 e. The van der Waals surface area contributed by atoms with Crippen molar-refractivity contribution in [2.45, 2.75) is 13.8 Å². The first kappa shape index (κ1) is 19.3. The molecule has 0 saturated carbocycles. The number of hydrogen-bond acceptors (Lipinski definition) is 4. The van der Waals surface area contributed by atoms with Crippen LogP contribution in [-0.2, 0) is 4.74 Å². The summed E-state index contributed by atoms with van der Waals surface area (Å²) in [6.07, 6.45) is 0. The molecule has 0 aliphatic rings. The van der Waals surface area contributed by atoms with Crippen molar-refractivity contribution < 1.29 is 14.3 Å². The van der Waals surface area contributed by atoms with Crippen LogP contribution in [0.2, 0.25) is 0 Å². The fourth-order valence-electron chi connectivity index (χ4n) is 2.79. The van der Waals surface area contributed by atoms with Gasteiger partial charge in [-0.15, -0.1) is 11.3 Å². The van der Waals surface area contributed by atoms with Crippen LogP contribution in [0.3, 0.4) is 0 Å². The first-order valence-corrected chi connectivity index (χ1v) is 10.0. The number of benzene rings is 2. The van der Waals surface area contributed by atoms with Gasteiger partial charge in [-0.05, 0) is 37.6 Å². The molecule has 3 aromatic rings. The first-order chi connectivity index (χ1) is 13.0. The van der Waals surface area contributed by atoms with E-state index in [4.69, 9.17) is 4.74 Å². The molecule has 0 fully saturated rings. The lowest BCUT2D eigenvalue weighted by atomic mass is 10.0. The summed E-state index contributed by atoms with van der Waals surface area (Å²) in [5.41, 5.74) is 2.61. The Hall–Kier alpha value is -2.44. The molecule has 4 nitrogen and oxygen atoms in total. The van der Waals surface area contributed by atoms with Gasteiger partial charge in [0.25, 0.3) is 5.91 Å². The van der Waals surface area contributed by atoms with Crippen molar-refractivity contribution in [3.8, 4) is 11.1 Å². The number of nitrogens with one attached hydrogen (secondary N) is 1. The van der Waals surface area contributed by atoms with Crippen LogP contribution in [0.25, 0.3) is 11.1 Å². The van der Waals surface area contributed by atoms with Crippen molar-refractivity contribution in [3.63, 3.8) is 0 Å². The molecule has 0 saturated heterocycles. The van der Waals surface area contributed by atoms with Gasteiger partial charge in [0.15, 0.2) is 0 Å². The van der Waals surface area contributed by atoms with E-state index in [-0.39, 0.29) is 12.5 Å². The maximum absolute atomic E-state index is 12.7. The Kier molecular flexibility index (Phi) is 6.08. The van der Waals surface area contributed by atoms with E-state index in [1.807, 2.05) is 43.3 Å². The van der Waals surface area contributed by atoms with Gasteiger partial charge in [0.2, 0.25) is 0 Å². The molecule has 27 heavy (non-hydrogen) atoms. The van der Waals surface area contributed by atoms with Crippen molar-refractivity contribution in [2.75, 3.05) is 11.9 Å². The summed E-state index contributed by atoms with van der Waals surface area (Å²) in [4.78, 5) is 26.3. The van der Waals surface area contributed by atoms with Crippen molar-refractivity contribution >= 4 is 44.1 Å². The fraction of sp³-hybridized carbons (Fsp3) is 0.143. The lowest BCUT2D eigenvalue weighted by Gasteiger charge is -2.09. The molecule has 0 aliphatic carbocycles. The molecule has 6 heteroatoms. The van der Waals surface area contributed by atoms with Crippen LogP contribution in [0.15, 0.2) is 59.1 Å². The maximum atomic E-state index is 12.7. The normalized spacial score (nSPS) is 10.5. The van der Waals surface area contributed by atoms with Crippen LogP contribution in [0.5, 0.6) is 0 Å². The number of ether oxygens (including phenoxy) is 1. The van der Waals surface area contributed by atoms with Crippen molar-refractivity contribution in [1.29, 1.82) is 0 Å². The van der Waals surface area contributed by atoms with Gasteiger partial charge in [-0.3, -0.25) is 4.79 Å². The van der Waals surface area contributed by atoms with Crippen LogP contribution >= 0.6 is 27.3 Å². The highest BCUT2D eigenvalue weighted by Crippen LogP contribution is 2.40. The van der Waals surface area contributed by atoms with Gasteiger partial charge >= 0.3 is 5.97 Å². The summed E-state index contributed by atoms with van der Waals surface area (Å²) >= 11 is 4.74. The van der Waals surface area contributed by atoms with Gasteiger partial charge in [0.05, 0.1) is 6.61 Å². The average molecular weight is 444 g/mol. The van der Waals surface area contributed by atoms with E-state index in [1.54, 1.807) is 25.1 Å². The minimum atomic E-state index is -0.440. The summed E-state index contributed by atoms with van der Waals surface area (Å²) in [6, 6.07) is 16.7. The largest absolute Gasteiger partial charge is 0.462 e. The quantitative estimate of drug-likeness (QED) is 0.498. The number of aryl methyl sites for hydroxylation is 1. The molecule has 0 radical (unpaired) electrons. The zero-order chi connectivity index (χ0) is 19.4. The molecule has 3 rings (SSSR count). The number of esters is 1. The molecule has 1 heterocycles. The van der Waals surface area contributed by atoms with Gasteiger partial charge in [0, 0.05) is 20.5 Å². The van der Waals surface area contributed by atoms with Crippen molar-refractivity contribution in [1.82, 2.24) is 0 Å². The van der Waals surface area contributed by atoms with E-state index < -0.39 is 5.97 Å². The summed E-state index contributed by atoms with van der Waals surface area (Å²) in [6.45, 7) is 3.96. The highest BCUT2D eigenvalue weighted by atomic mass is 79.9. The van der Waals surface area contributed by atoms with E-state index in [0.717, 1.165) is 20.5 Å². The summed E-state index contributed by atoms with van der Waals surface area (Å²) < 4.78 is 6.07. The number of hydrogen-bond donors (Lipinski definition) is 1. The number of halogens is 1. The van der Waals surface area contributed by atoms with E-state index in [2.05, 4.69) is 21.2 Å². The molecule has 0 unspecified atom stereocenters. The molecular weight excluding hydrogens is 426 g/mol. The second-order valence-electron chi connectivity index (χ2n) is 5.79. The Bertz CT molecular complexity index is 982. The molecule has 0 spiro atoms. The molecule has 0 bridgehead atoms. The molecular formula is C21H18BrNO3S. The number of amides is 1. The van der Waals surface area contributed by atoms with Crippen molar-refractivity contribution in [3.05, 3.63) is 75.1 Å². The lowest BCUT2D eigenvalue weighted by Crippen LogP contribution is -2.14. The van der Waals surface area contributed by atoms with Crippen molar-refractivity contribution in [2.24, 2.45) is 0 Å². The Morgan fingerprint density at radius 2 is 1.85 bits per heavy atom. The van der Waals surface area contributed by atoms with Crippen LogP contribution in [0, 0.1) is 6.92 Å². The number of carbonyl (C=O) groups is 2. The highest BCUT2D eigenvalue weighted by molar-refractivity contribution is 9.10. The predicted molar refractivity (Wildman–Crippen MR) is 113 cm³/mol. The van der Waals surface area contributed by atoms with E-state index in [0.29, 0.717) is 16.1 Å². The molecule has 1 amide bonds. The maximum Gasteiger partial charge on any atom is 0.341 e. The second kappa shape index (κ2) is 8.50. The molecule has 1 N–H and O–H groups in total. The predicted octanol–water partition coefficient (Wildman–Crippen LogP) is 5.92. The SMILES string of the molecule is CCOC(=O)c1c(NC(=O)c2cccc(Br)c2)sc(C)c1-c1ccccc1. The number of anilines is 1. The molecule has 2 aromatic carbocycles. The second-order valence-corrected chi connectivity index (χ2v) is 7.93. The molecule has 138 valence electrons. The van der Waals surface area contributed by atoms with E-state index >= 15 is 0 Å². The topological polar surface area (TPSA) is 55.4 Å². The minimum Gasteiger partial charge on any atom is -0.462 e. The first-order valence-electron chi connectivity index (χ1n) is 8.44. The Balaban J connectivity index is 2.05. The van der Waals surface area contributed by atoms with E-state index in [1.165, 1.54) is 11.3 Å². The molecule has 0 aliphatic heterocycles. The minimum absolute atomic E-state index is 0.265. The zero-order valence-corrected chi connectivity index (χ0v) is 17.3. The monoisotopic (exact) mass is 443 g/mol. The third kappa shape index (κ3) is 4.28. The van der Waals surface area contributed by atoms with Crippen LogP contribution in [-0.4, -0.2) is 18.5 Å². The fourth-order valence-corrected chi connectivity index (χ4v) is 4.25. The Labute approximate surface area is 170 Å². The number of thiophene rings is 1. The van der Waals surface area contributed by atoms with Gasteiger partial charge in [-0.1, -0.05) is 52.3 Å². The third-order valence-electron chi connectivity index (χ3n) is 3.94. The Morgan fingerprint density at radius 1 is 1.11 bits per heavy atom.